The van der Waals surface area contributed by atoms with E-state index in [1.54, 1.807) is 26.0 Å². The minimum Gasteiger partial charge on any atom is -0.488 e. The van der Waals surface area contributed by atoms with Gasteiger partial charge in [-0.3, -0.25) is 9.69 Å². The van der Waals surface area contributed by atoms with Gasteiger partial charge in [-0.05, 0) is 43.0 Å². The van der Waals surface area contributed by atoms with Gasteiger partial charge in [0.1, 0.15) is 30.8 Å². The summed E-state index contributed by atoms with van der Waals surface area (Å²) < 4.78 is 17.3. The smallest absolute Gasteiger partial charge is 0.410 e. The van der Waals surface area contributed by atoms with Gasteiger partial charge in [0.15, 0.2) is 5.78 Å². The molecule has 192 valence electrons. The fourth-order valence-electron chi connectivity index (χ4n) is 4.31. The molecule has 0 aromatic heterocycles. The third kappa shape index (κ3) is 6.36. The van der Waals surface area contributed by atoms with Crippen molar-refractivity contribution in [3.05, 3.63) is 95.1 Å². The van der Waals surface area contributed by atoms with Crippen LogP contribution in [0.3, 0.4) is 0 Å². The topological polar surface area (TPSA) is 82.1 Å². The Morgan fingerprint density at radius 2 is 1.54 bits per heavy atom. The van der Waals surface area contributed by atoms with Gasteiger partial charge < -0.3 is 14.2 Å². The standard InChI is InChI=1S/C30H31NO6/c1-3-26(32)24-16-17-27(35-19-22-11-6-4-7-12-22)21(2)28(24)37-29(33)25-15-10-18-31(25)30(34)36-20-23-13-8-5-9-14-23/h4-9,11-14,16-17,25H,3,10,15,18-20H2,1-2H3/t25-/m0/s1. The van der Waals surface area contributed by atoms with Crippen molar-refractivity contribution in [2.75, 3.05) is 6.54 Å². The van der Waals surface area contributed by atoms with Crippen molar-refractivity contribution in [2.45, 2.75) is 52.4 Å². The second-order valence-corrected chi connectivity index (χ2v) is 8.93. The normalized spacial score (nSPS) is 14.8. The van der Waals surface area contributed by atoms with Crippen molar-refractivity contribution in [1.82, 2.24) is 4.90 Å². The summed E-state index contributed by atoms with van der Waals surface area (Å²) in [5.74, 6) is -0.0505. The number of ketones is 1. The van der Waals surface area contributed by atoms with E-state index in [9.17, 15) is 14.4 Å². The van der Waals surface area contributed by atoms with Crippen LogP contribution < -0.4 is 9.47 Å². The van der Waals surface area contributed by atoms with E-state index < -0.39 is 18.1 Å². The summed E-state index contributed by atoms with van der Waals surface area (Å²) in [6.45, 7) is 4.36. The van der Waals surface area contributed by atoms with E-state index in [0.29, 0.717) is 42.9 Å². The molecule has 1 atom stereocenters. The predicted octanol–water partition coefficient (Wildman–Crippen LogP) is 5.87. The molecular formula is C30H31NO6. The summed E-state index contributed by atoms with van der Waals surface area (Å²) in [6.07, 6.45) is 0.805. The molecule has 0 saturated carbocycles. The number of Topliss-reactive ketones (excluding diaryl/α,β-unsaturated/α-hetero) is 1. The second kappa shape index (κ2) is 12.2. The molecule has 1 amide bonds. The van der Waals surface area contributed by atoms with Gasteiger partial charge in [-0.15, -0.1) is 0 Å². The van der Waals surface area contributed by atoms with E-state index in [-0.39, 0.29) is 24.6 Å². The van der Waals surface area contributed by atoms with Crippen LogP contribution in [0.25, 0.3) is 0 Å². The van der Waals surface area contributed by atoms with E-state index in [0.717, 1.165) is 11.1 Å². The first-order valence-electron chi connectivity index (χ1n) is 12.5. The molecule has 0 N–H and O–H groups in total. The molecule has 1 aliphatic heterocycles. The average Bonchev–Trinajstić information content (AvgIpc) is 3.43. The molecule has 1 aliphatic rings. The van der Waals surface area contributed by atoms with Crippen molar-refractivity contribution in [2.24, 2.45) is 0 Å². The van der Waals surface area contributed by atoms with Crippen molar-refractivity contribution >= 4 is 17.8 Å². The fraction of sp³-hybridized carbons (Fsp3) is 0.300. The zero-order valence-corrected chi connectivity index (χ0v) is 21.1. The summed E-state index contributed by atoms with van der Waals surface area (Å²) in [5, 5.41) is 0. The van der Waals surface area contributed by atoms with Crippen molar-refractivity contribution in [3.63, 3.8) is 0 Å². The van der Waals surface area contributed by atoms with Crippen molar-refractivity contribution in [1.29, 1.82) is 0 Å². The van der Waals surface area contributed by atoms with Crippen LogP contribution in [-0.2, 0) is 22.7 Å². The van der Waals surface area contributed by atoms with Crippen LogP contribution in [0.5, 0.6) is 11.5 Å². The summed E-state index contributed by atoms with van der Waals surface area (Å²) >= 11 is 0. The van der Waals surface area contributed by atoms with Crippen LogP contribution >= 0.6 is 0 Å². The third-order valence-electron chi connectivity index (χ3n) is 6.38. The molecule has 0 aliphatic carbocycles. The van der Waals surface area contributed by atoms with Crippen LogP contribution in [0.4, 0.5) is 4.79 Å². The Morgan fingerprint density at radius 3 is 2.19 bits per heavy atom. The molecule has 4 rings (SSSR count). The highest BCUT2D eigenvalue weighted by molar-refractivity contribution is 6.00. The number of hydrogen-bond donors (Lipinski definition) is 0. The Bertz CT molecular complexity index is 1240. The molecule has 0 spiro atoms. The zero-order valence-electron chi connectivity index (χ0n) is 21.1. The Hall–Kier alpha value is -4.13. The number of amides is 1. The van der Waals surface area contributed by atoms with Gasteiger partial charge in [0.05, 0.1) is 5.56 Å². The molecule has 7 nitrogen and oxygen atoms in total. The van der Waals surface area contributed by atoms with Crippen LogP contribution in [0.1, 0.15) is 53.2 Å². The molecule has 1 fully saturated rings. The molecule has 1 saturated heterocycles. The SMILES string of the molecule is CCC(=O)c1ccc(OCc2ccccc2)c(C)c1OC(=O)[C@@H]1CCCN1C(=O)OCc1ccccc1. The van der Waals surface area contributed by atoms with E-state index in [2.05, 4.69) is 0 Å². The largest absolute Gasteiger partial charge is 0.488 e. The molecule has 0 bridgehead atoms. The van der Waals surface area contributed by atoms with Crippen molar-refractivity contribution < 1.29 is 28.6 Å². The van der Waals surface area contributed by atoms with Gasteiger partial charge in [-0.2, -0.15) is 0 Å². The number of esters is 1. The molecular weight excluding hydrogens is 470 g/mol. The Balaban J connectivity index is 1.49. The number of benzene rings is 3. The molecule has 7 heteroatoms. The second-order valence-electron chi connectivity index (χ2n) is 8.93. The first-order chi connectivity index (χ1) is 18.0. The van der Waals surface area contributed by atoms with Gasteiger partial charge >= 0.3 is 12.1 Å². The summed E-state index contributed by atoms with van der Waals surface area (Å²) in [7, 11) is 0. The molecule has 1 heterocycles. The number of nitrogens with zero attached hydrogens (tertiary/aromatic N) is 1. The van der Waals surface area contributed by atoms with E-state index in [1.165, 1.54) is 4.90 Å². The number of hydrogen-bond acceptors (Lipinski definition) is 6. The van der Waals surface area contributed by atoms with Crippen LogP contribution in [-0.4, -0.2) is 35.3 Å². The molecule has 3 aromatic carbocycles. The first kappa shape index (κ1) is 25.9. The number of likely N-dealkylation sites (tertiary alicyclic amines) is 1. The average molecular weight is 502 g/mol. The number of carbonyl (C=O) groups is 3. The van der Waals surface area contributed by atoms with E-state index in [1.807, 2.05) is 60.7 Å². The van der Waals surface area contributed by atoms with Gasteiger partial charge in [0.25, 0.3) is 0 Å². The highest BCUT2D eigenvalue weighted by Crippen LogP contribution is 2.34. The van der Waals surface area contributed by atoms with Crippen LogP contribution in [0, 0.1) is 6.92 Å². The van der Waals surface area contributed by atoms with Crippen LogP contribution in [0.2, 0.25) is 0 Å². The summed E-state index contributed by atoms with van der Waals surface area (Å²) in [5.41, 5.74) is 2.72. The number of rotatable bonds is 9. The monoisotopic (exact) mass is 501 g/mol. The van der Waals surface area contributed by atoms with Gasteiger partial charge in [0, 0.05) is 18.5 Å². The lowest BCUT2D eigenvalue weighted by molar-refractivity contribution is -0.139. The number of carbonyl (C=O) groups excluding carboxylic acids is 3. The molecule has 0 radical (unpaired) electrons. The molecule has 3 aromatic rings. The molecule has 37 heavy (non-hydrogen) atoms. The highest BCUT2D eigenvalue weighted by Gasteiger charge is 2.37. The lowest BCUT2D eigenvalue weighted by Crippen LogP contribution is -2.42. The Morgan fingerprint density at radius 1 is 0.892 bits per heavy atom. The lowest BCUT2D eigenvalue weighted by atomic mass is 10.0. The minimum atomic E-state index is -0.791. The highest BCUT2D eigenvalue weighted by atomic mass is 16.6. The fourth-order valence-corrected chi connectivity index (χ4v) is 4.31. The Labute approximate surface area is 217 Å². The van der Waals surface area contributed by atoms with E-state index >= 15 is 0 Å². The zero-order chi connectivity index (χ0) is 26.2. The lowest BCUT2D eigenvalue weighted by Gasteiger charge is -2.24. The first-order valence-corrected chi connectivity index (χ1v) is 12.5. The minimum absolute atomic E-state index is 0.118. The van der Waals surface area contributed by atoms with E-state index in [4.69, 9.17) is 14.2 Å². The van der Waals surface area contributed by atoms with Crippen LogP contribution in [0.15, 0.2) is 72.8 Å². The van der Waals surface area contributed by atoms with Gasteiger partial charge in [-0.25, -0.2) is 9.59 Å². The predicted molar refractivity (Wildman–Crippen MR) is 139 cm³/mol. The Kier molecular flexibility index (Phi) is 8.56. The maximum Gasteiger partial charge on any atom is 0.410 e. The van der Waals surface area contributed by atoms with Gasteiger partial charge in [0.2, 0.25) is 0 Å². The third-order valence-corrected chi connectivity index (χ3v) is 6.38. The summed E-state index contributed by atoms with van der Waals surface area (Å²) in [6, 6.07) is 21.6. The number of ether oxygens (including phenoxy) is 3. The van der Waals surface area contributed by atoms with Crippen molar-refractivity contribution in [3.8, 4) is 11.5 Å². The summed E-state index contributed by atoms with van der Waals surface area (Å²) in [4.78, 5) is 40.1. The maximum absolute atomic E-state index is 13.3. The quantitative estimate of drug-likeness (QED) is 0.207. The molecule has 0 unspecified atom stereocenters. The maximum atomic E-state index is 13.3. The van der Waals surface area contributed by atoms with Gasteiger partial charge in [-0.1, -0.05) is 67.6 Å².